The quantitative estimate of drug-likeness (QED) is 0.671. The van der Waals surface area contributed by atoms with Gasteiger partial charge in [-0.15, -0.1) is 0 Å². The van der Waals surface area contributed by atoms with Crippen molar-refractivity contribution in [1.82, 2.24) is 25.1 Å². The minimum atomic E-state index is -0.320. The Morgan fingerprint density at radius 1 is 1.22 bits per heavy atom. The second-order valence-electron chi connectivity index (χ2n) is 6.97. The summed E-state index contributed by atoms with van der Waals surface area (Å²) in [4.78, 5) is 32.5. The van der Waals surface area contributed by atoms with Gasteiger partial charge >= 0.3 is 0 Å². The van der Waals surface area contributed by atoms with Crippen LogP contribution in [0.25, 0.3) is 11.0 Å². The number of hydrogen-bond acceptors (Lipinski definition) is 4. The highest BCUT2D eigenvalue weighted by Crippen LogP contribution is 2.22. The summed E-state index contributed by atoms with van der Waals surface area (Å²) in [7, 11) is 0. The first-order valence-electron chi connectivity index (χ1n) is 9.33. The fourth-order valence-corrected chi connectivity index (χ4v) is 2.92. The van der Waals surface area contributed by atoms with Gasteiger partial charge in [0, 0.05) is 12.6 Å². The second-order valence-corrected chi connectivity index (χ2v) is 6.97. The molecule has 0 radical (unpaired) electrons. The van der Waals surface area contributed by atoms with Gasteiger partial charge < -0.3 is 10.3 Å². The maximum atomic E-state index is 12.8. The van der Waals surface area contributed by atoms with E-state index in [-0.39, 0.29) is 29.1 Å². The number of carbonyl (C=O) groups is 1. The fraction of sp³-hybridized carbons (Fsp3) is 0.400. The lowest BCUT2D eigenvalue weighted by atomic mass is 10.0. The Balaban J connectivity index is 1.84. The summed E-state index contributed by atoms with van der Waals surface area (Å²) in [5.41, 5.74) is 1.82. The lowest BCUT2D eigenvalue weighted by Crippen LogP contribution is -2.34. The number of hydrogen-bond donors (Lipinski definition) is 2. The average Bonchev–Trinajstić information content (AvgIpc) is 3.08. The minimum absolute atomic E-state index is 0.125. The third-order valence-corrected chi connectivity index (χ3v) is 4.48. The molecular formula is C20H25N5O2. The number of H-pyrrole nitrogens is 1. The summed E-state index contributed by atoms with van der Waals surface area (Å²) in [5, 5.41) is 7.22. The molecule has 27 heavy (non-hydrogen) atoms. The third kappa shape index (κ3) is 4.24. The summed E-state index contributed by atoms with van der Waals surface area (Å²) < 4.78 is 1.35. The summed E-state index contributed by atoms with van der Waals surface area (Å²) in [5.74, 6) is 0.513. The van der Waals surface area contributed by atoms with Crippen LogP contribution in [0.5, 0.6) is 0 Å². The van der Waals surface area contributed by atoms with Crippen LogP contribution in [0.3, 0.4) is 0 Å². The molecule has 1 aromatic carbocycles. The number of para-hydroxylation sites is 2. The predicted molar refractivity (Wildman–Crippen MR) is 105 cm³/mol. The minimum Gasteiger partial charge on any atom is -0.340 e. The van der Waals surface area contributed by atoms with Gasteiger partial charge in [-0.25, -0.2) is 9.67 Å². The normalized spacial score (nSPS) is 12.4. The molecule has 2 aromatic heterocycles. The molecule has 0 fully saturated rings. The smallest absolute Gasteiger partial charge is 0.272 e. The number of carbonyl (C=O) groups excluding carboxylic acids is 1. The highest BCUT2D eigenvalue weighted by atomic mass is 16.2. The van der Waals surface area contributed by atoms with Gasteiger partial charge in [-0.3, -0.25) is 9.59 Å². The van der Waals surface area contributed by atoms with E-state index < -0.39 is 0 Å². The molecule has 0 saturated heterocycles. The number of aromatic amines is 1. The predicted octanol–water partition coefficient (Wildman–Crippen LogP) is 3.05. The van der Waals surface area contributed by atoms with Crippen molar-refractivity contribution >= 4 is 16.9 Å². The van der Waals surface area contributed by atoms with Gasteiger partial charge in [0.05, 0.1) is 17.1 Å². The third-order valence-electron chi connectivity index (χ3n) is 4.48. The Labute approximate surface area is 157 Å². The molecule has 7 nitrogen and oxygen atoms in total. The van der Waals surface area contributed by atoms with Gasteiger partial charge in [0.2, 0.25) is 0 Å². The van der Waals surface area contributed by atoms with Gasteiger partial charge in [-0.1, -0.05) is 39.3 Å². The van der Waals surface area contributed by atoms with E-state index in [2.05, 4.69) is 20.4 Å². The van der Waals surface area contributed by atoms with E-state index in [9.17, 15) is 9.59 Å². The monoisotopic (exact) mass is 367 g/mol. The average molecular weight is 367 g/mol. The number of unbranched alkanes of at least 4 members (excludes halogenated alkanes) is 1. The van der Waals surface area contributed by atoms with Crippen LogP contribution < -0.4 is 10.9 Å². The number of nitrogens with one attached hydrogen (secondary N) is 2. The maximum absolute atomic E-state index is 12.8. The fourth-order valence-electron chi connectivity index (χ4n) is 2.92. The van der Waals surface area contributed by atoms with Crippen molar-refractivity contribution < 1.29 is 4.79 Å². The van der Waals surface area contributed by atoms with Crippen molar-refractivity contribution in [2.45, 2.75) is 46.2 Å². The van der Waals surface area contributed by atoms with E-state index in [0.29, 0.717) is 12.4 Å². The Morgan fingerprint density at radius 2 is 2.00 bits per heavy atom. The van der Waals surface area contributed by atoms with Crippen LogP contribution in [0.1, 0.15) is 56.0 Å². The molecule has 2 N–H and O–H groups in total. The zero-order valence-electron chi connectivity index (χ0n) is 15.9. The Morgan fingerprint density at radius 3 is 2.70 bits per heavy atom. The molecule has 0 aliphatic heterocycles. The molecule has 142 valence electrons. The van der Waals surface area contributed by atoms with E-state index in [1.807, 2.05) is 45.0 Å². The van der Waals surface area contributed by atoms with Crippen molar-refractivity contribution in [3.8, 4) is 0 Å². The van der Waals surface area contributed by atoms with Gasteiger partial charge in [0.25, 0.3) is 11.5 Å². The van der Waals surface area contributed by atoms with Crippen LogP contribution in [0.4, 0.5) is 0 Å². The Hall–Kier alpha value is -2.96. The number of aromatic nitrogens is 4. The van der Waals surface area contributed by atoms with Crippen LogP contribution in [-0.4, -0.2) is 25.7 Å². The Bertz CT molecular complexity index is 956. The number of aryl methyl sites for hydroxylation is 1. The van der Waals surface area contributed by atoms with Crippen LogP contribution in [0.15, 0.2) is 41.2 Å². The number of fused-ring (bicyclic) bond motifs is 1. The number of amides is 1. The molecule has 0 aliphatic carbocycles. The number of benzene rings is 1. The van der Waals surface area contributed by atoms with E-state index in [4.69, 9.17) is 0 Å². The summed E-state index contributed by atoms with van der Waals surface area (Å²) in [6, 6.07) is 10.3. The first kappa shape index (κ1) is 18.8. The number of nitrogens with zero attached hydrogens (tertiary/aromatic N) is 3. The molecule has 0 spiro atoms. The molecule has 1 unspecified atom stereocenters. The van der Waals surface area contributed by atoms with E-state index >= 15 is 0 Å². The Kier molecular flexibility index (Phi) is 5.69. The number of rotatable bonds is 7. The van der Waals surface area contributed by atoms with Crippen molar-refractivity contribution in [3.05, 3.63) is 58.3 Å². The van der Waals surface area contributed by atoms with Gasteiger partial charge in [-0.05, 0) is 30.5 Å². The van der Waals surface area contributed by atoms with E-state index in [1.54, 1.807) is 0 Å². The van der Waals surface area contributed by atoms with Crippen LogP contribution in [0, 0.1) is 5.92 Å². The van der Waals surface area contributed by atoms with Crippen molar-refractivity contribution in [1.29, 1.82) is 0 Å². The number of imidazole rings is 1. The van der Waals surface area contributed by atoms with Crippen molar-refractivity contribution in [2.75, 3.05) is 0 Å². The van der Waals surface area contributed by atoms with Crippen molar-refractivity contribution in [2.24, 2.45) is 5.92 Å². The molecule has 3 rings (SSSR count). The lowest BCUT2D eigenvalue weighted by molar-refractivity contribution is 0.0915. The zero-order valence-corrected chi connectivity index (χ0v) is 15.9. The van der Waals surface area contributed by atoms with E-state index in [0.717, 1.165) is 23.9 Å². The molecule has 2 heterocycles. The molecule has 0 saturated carbocycles. The molecule has 1 atom stereocenters. The maximum Gasteiger partial charge on any atom is 0.272 e. The lowest BCUT2D eigenvalue weighted by Gasteiger charge is -2.20. The molecule has 3 aromatic rings. The molecular weight excluding hydrogens is 342 g/mol. The second kappa shape index (κ2) is 8.16. The standard InChI is InChI=1S/C20H25N5O2/c1-4-5-12-25-17(26)11-10-16(24-25)20(27)23-18(13(2)3)19-21-14-8-6-7-9-15(14)22-19/h6-11,13,18H,4-5,12H2,1-3H3,(H,21,22)(H,23,27). The molecule has 0 bridgehead atoms. The topological polar surface area (TPSA) is 92.7 Å². The van der Waals surface area contributed by atoms with Gasteiger partial charge in [-0.2, -0.15) is 5.10 Å². The van der Waals surface area contributed by atoms with Gasteiger partial charge in [0.15, 0.2) is 0 Å². The van der Waals surface area contributed by atoms with Crippen LogP contribution in [-0.2, 0) is 6.54 Å². The van der Waals surface area contributed by atoms with Crippen molar-refractivity contribution in [3.63, 3.8) is 0 Å². The van der Waals surface area contributed by atoms with Gasteiger partial charge in [0.1, 0.15) is 11.5 Å². The summed E-state index contributed by atoms with van der Waals surface area (Å²) in [6.45, 7) is 6.59. The largest absolute Gasteiger partial charge is 0.340 e. The first-order chi connectivity index (χ1) is 13.0. The first-order valence-corrected chi connectivity index (χ1v) is 9.33. The highest BCUT2D eigenvalue weighted by molar-refractivity contribution is 5.92. The summed E-state index contributed by atoms with van der Waals surface area (Å²) in [6.07, 6.45) is 1.79. The highest BCUT2D eigenvalue weighted by Gasteiger charge is 2.23. The summed E-state index contributed by atoms with van der Waals surface area (Å²) >= 11 is 0. The zero-order chi connectivity index (χ0) is 19.4. The SMILES string of the molecule is CCCCn1nc(C(=O)NC(c2nc3ccccc3[nH]2)C(C)C)ccc1=O. The molecule has 0 aliphatic rings. The molecule has 7 heteroatoms. The van der Waals surface area contributed by atoms with Crippen LogP contribution >= 0.6 is 0 Å². The van der Waals surface area contributed by atoms with E-state index in [1.165, 1.54) is 16.8 Å². The van der Waals surface area contributed by atoms with Crippen LogP contribution in [0.2, 0.25) is 0 Å². The molecule has 1 amide bonds.